The Kier molecular flexibility index (Phi) is 10.0. The highest BCUT2D eigenvalue weighted by atomic mass is 32.3. The van der Waals surface area contributed by atoms with Crippen molar-refractivity contribution < 1.29 is 36.2 Å². The smallest absolute Gasteiger partial charge is 0.343 e. The van der Waals surface area contributed by atoms with E-state index in [2.05, 4.69) is 24.1 Å². The van der Waals surface area contributed by atoms with Crippen molar-refractivity contribution >= 4 is 37.8 Å². The zero-order valence-corrected chi connectivity index (χ0v) is 26.1. The molecule has 9 nitrogen and oxygen atoms in total. The molecule has 0 saturated heterocycles. The molecule has 12 heteroatoms. The van der Waals surface area contributed by atoms with Crippen molar-refractivity contribution in [2.75, 3.05) is 62.4 Å². The molecule has 2 heterocycles. The number of furan rings is 1. The van der Waals surface area contributed by atoms with Gasteiger partial charge in [-0.2, -0.15) is 0 Å². The van der Waals surface area contributed by atoms with Crippen molar-refractivity contribution in [1.82, 2.24) is 5.32 Å². The fourth-order valence-electron chi connectivity index (χ4n) is 4.41. The standard InChI is InChI=1S/C30H37FN2O7S2/c1-6-32-14-7-8-21-18-22(31)9-12-27(21)42(35,36)33(20-38-16-17-41(3,4)5)25-11-10-24-23-13-15-39-26(23)19-40-29(24)28(25)30(34)37-2/h7-13,15,18,32H,6,14,16-17,19-20H2,1-5H3/b8-7-. The maximum Gasteiger partial charge on any atom is 0.343 e. The Morgan fingerprint density at radius 3 is 2.64 bits per heavy atom. The summed E-state index contributed by atoms with van der Waals surface area (Å²) in [6, 6.07) is 8.43. The Bertz CT molecular complexity index is 1560. The highest BCUT2D eigenvalue weighted by Gasteiger charge is 2.35. The molecule has 0 amide bonds. The molecule has 1 aromatic heterocycles. The number of hydrogen-bond acceptors (Lipinski definition) is 8. The molecule has 228 valence electrons. The number of halogens is 1. The summed E-state index contributed by atoms with van der Waals surface area (Å²) >= 11 is 0. The quantitative estimate of drug-likeness (QED) is 0.157. The number of ether oxygens (including phenoxy) is 3. The summed E-state index contributed by atoms with van der Waals surface area (Å²) in [4.78, 5) is 13.1. The molecule has 0 bridgehead atoms. The third-order valence-electron chi connectivity index (χ3n) is 6.58. The molecule has 1 aliphatic rings. The van der Waals surface area contributed by atoms with Crippen LogP contribution in [0.4, 0.5) is 10.1 Å². The van der Waals surface area contributed by atoms with Gasteiger partial charge in [0.15, 0.2) is 0 Å². The summed E-state index contributed by atoms with van der Waals surface area (Å²) in [5.41, 5.74) is 1.41. The summed E-state index contributed by atoms with van der Waals surface area (Å²) in [5, 5.41) is 3.12. The van der Waals surface area contributed by atoms with Crippen LogP contribution in [0, 0.1) is 5.82 Å². The lowest BCUT2D eigenvalue weighted by molar-refractivity contribution is 0.0595. The van der Waals surface area contributed by atoms with Crippen molar-refractivity contribution in [3.8, 4) is 16.9 Å². The molecule has 42 heavy (non-hydrogen) atoms. The minimum atomic E-state index is -4.41. The van der Waals surface area contributed by atoms with Crippen LogP contribution in [0.5, 0.6) is 5.75 Å². The Morgan fingerprint density at radius 2 is 1.93 bits per heavy atom. The molecule has 0 unspecified atom stereocenters. The molecular formula is C30H37FN2O7S2. The molecule has 0 aliphatic carbocycles. The van der Waals surface area contributed by atoms with E-state index in [9.17, 15) is 17.6 Å². The van der Waals surface area contributed by atoms with E-state index in [1.165, 1.54) is 25.5 Å². The zero-order valence-electron chi connectivity index (χ0n) is 24.4. The van der Waals surface area contributed by atoms with E-state index in [1.807, 2.05) is 6.92 Å². The molecule has 0 radical (unpaired) electrons. The Hall–Kier alpha value is -3.32. The number of carbonyl (C=O) groups excluding carboxylic acids is 1. The van der Waals surface area contributed by atoms with Crippen LogP contribution in [-0.4, -0.2) is 72.4 Å². The van der Waals surface area contributed by atoms with E-state index in [4.69, 9.17) is 18.6 Å². The van der Waals surface area contributed by atoms with Crippen LogP contribution in [0.2, 0.25) is 0 Å². The lowest BCUT2D eigenvalue weighted by Gasteiger charge is -2.30. The van der Waals surface area contributed by atoms with Gasteiger partial charge in [0, 0.05) is 23.4 Å². The second-order valence-corrected chi connectivity index (χ2v) is 16.9. The number of fused-ring (bicyclic) bond motifs is 3. The van der Waals surface area contributed by atoms with Crippen molar-refractivity contribution in [1.29, 1.82) is 0 Å². The van der Waals surface area contributed by atoms with Gasteiger partial charge in [-0.05, 0) is 67.3 Å². The number of nitrogens with zero attached hydrogens (tertiary/aromatic N) is 1. The molecule has 2 aromatic carbocycles. The minimum Gasteiger partial charge on any atom is -0.484 e. The van der Waals surface area contributed by atoms with Crippen LogP contribution in [-0.2, 0) is 26.1 Å². The van der Waals surface area contributed by atoms with Gasteiger partial charge in [-0.15, -0.1) is 0 Å². The number of benzene rings is 2. The van der Waals surface area contributed by atoms with E-state index in [-0.39, 0.29) is 34.1 Å². The molecule has 4 rings (SSSR count). The van der Waals surface area contributed by atoms with Gasteiger partial charge in [-0.25, -0.2) is 31.9 Å². The monoisotopic (exact) mass is 620 g/mol. The highest BCUT2D eigenvalue weighted by Crippen LogP contribution is 2.45. The predicted octanol–water partition coefficient (Wildman–Crippen LogP) is 5.25. The van der Waals surface area contributed by atoms with Crippen LogP contribution < -0.4 is 14.4 Å². The lowest BCUT2D eigenvalue weighted by atomic mass is 9.98. The van der Waals surface area contributed by atoms with Gasteiger partial charge < -0.3 is 23.9 Å². The summed E-state index contributed by atoms with van der Waals surface area (Å²) < 4.78 is 66.6. The van der Waals surface area contributed by atoms with E-state index in [0.29, 0.717) is 24.5 Å². The van der Waals surface area contributed by atoms with E-state index < -0.39 is 38.6 Å². The first-order chi connectivity index (χ1) is 20.0. The van der Waals surface area contributed by atoms with Crippen LogP contribution in [0.15, 0.2) is 58.1 Å². The van der Waals surface area contributed by atoms with Gasteiger partial charge in [0.05, 0.1) is 30.6 Å². The number of anilines is 1. The molecule has 0 fully saturated rings. The zero-order chi connectivity index (χ0) is 30.5. The number of likely N-dealkylation sites (N-methyl/N-ethyl adjacent to an activating group) is 1. The number of nitrogens with one attached hydrogen (secondary N) is 1. The third kappa shape index (κ3) is 7.00. The van der Waals surface area contributed by atoms with Gasteiger partial charge in [0.25, 0.3) is 10.0 Å². The molecular weight excluding hydrogens is 583 g/mol. The number of esters is 1. The number of rotatable bonds is 13. The Balaban J connectivity index is 1.86. The molecule has 1 N–H and O–H groups in total. The van der Waals surface area contributed by atoms with E-state index >= 15 is 0 Å². The molecule has 0 atom stereocenters. The molecule has 0 spiro atoms. The number of methoxy groups -OCH3 is 1. The lowest BCUT2D eigenvalue weighted by Crippen LogP contribution is -2.36. The first kappa shape index (κ1) is 31.6. The molecule has 0 saturated carbocycles. The van der Waals surface area contributed by atoms with Gasteiger partial charge in [-0.3, -0.25) is 0 Å². The maximum absolute atomic E-state index is 14.4. The average Bonchev–Trinajstić information content (AvgIpc) is 3.43. The summed E-state index contributed by atoms with van der Waals surface area (Å²) in [6.45, 7) is 3.10. The normalized spacial score (nSPS) is 13.4. The van der Waals surface area contributed by atoms with Crippen LogP contribution in [0.1, 0.15) is 28.6 Å². The fraction of sp³-hybridized carbons (Fsp3) is 0.367. The summed E-state index contributed by atoms with van der Waals surface area (Å²) in [7, 11) is -4.11. The van der Waals surface area contributed by atoms with Crippen molar-refractivity contribution in [3.63, 3.8) is 0 Å². The van der Waals surface area contributed by atoms with Crippen LogP contribution in [0.3, 0.4) is 0 Å². The predicted molar refractivity (Wildman–Crippen MR) is 165 cm³/mol. The van der Waals surface area contributed by atoms with Crippen molar-refractivity contribution in [3.05, 3.63) is 71.4 Å². The maximum atomic E-state index is 14.4. The third-order valence-corrected chi connectivity index (χ3v) is 9.78. The Labute approximate surface area is 248 Å². The molecule has 1 aliphatic heterocycles. The van der Waals surface area contributed by atoms with E-state index in [0.717, 1.165) is 34.3 Å². The minimum absolute atomic E-state index is 0.0163. The van der Waals surface area contributed by atoms with Gasteiger partial charge in [-0.1, -0.05) is 19.1 Å². The first-order valence-electron chi connectivity index (χ1n) is 13.4. The SMILES string of the molecule is CCNC/C=C\c1cc(F)ccc1S(=O)(=O)N(COCCS(C)(C)C)c1ccc2c(c1C(=O)OC)OCc1occc1-2. The number of hydrogen-bond donors (Lipinski definition) is 1. The second kappa shape index (κ2) is 13.3. The van der Waals surface area contributed by atoms with Crippen LogP contribution in [0.25, 0.3) is 17.2 Å². The van der Waals surface area contributed by atoms with Crippen LogP contribution >= 0.6 is 10.0 Å². The van der Waals surface area contributed by atoms with Gasteiger partial charge in [0.2, 0.25) is 0 Å². The van der Waals surface area contributed by atoms with Gasteiger partial charge >= 0.3 is 5.97 Å². The summed E-state index contributed by atoms with van der Waals surface area (Å²) in [5.74, 6) is 0.150. The van der Waals surface area contributed by atoms with E-state index in [1.54, 1.807) is 24.3 Å². The second-order valence-electron chi connectivity index (χ2n) is 10.5. The molecule has 3 aromatic rings. The summed E-state index contributed by atoms with van der Waals surface area (Å²) in [6.07, 6.45) is 11.2. The van der Waals surface area contributed by atoms with Crippen molar-refractivity contribution in [2.24, 2.45) is 0 Å². The topological polar surface area (TPSA) is 107 Å². The Morgan fingerprint density at radius 1 is 1.14 bits per heavy atom. The number of sulfonamides is 1. The fourth-order valence-corrected chi connectivity index (χ4v) is 6.56. The van der Waals surface area contributed by atoms with Crippen molar-refractivity contribution in [2.45, 2.75) is 18.4 Å². The van der Waals surface area contributed by atoms with Gasteiger partial charge in [0.1, 0.15) is 36.2 Å². The largest absolute Gasteiger partial charge is 0.484 e. The first-order valence-corrected chi connectivity index (χ1v) is 17.8. The number of carbonyl (C=O) groups is 1. The average molecular weight is 621 g/mol. The highest BCUT2D eigenvalue weighted by molar-refractivity contribution is 8.32.